The number of carbonyl (C=O) groups excluding carboxylic acids is 1. The molecule has 1 aliphatic heterocycles. The molecule has 138 valence electrons. The molecule has 0 unspecified atom stereocenters. The Kier molecular flexibility index (Phi) is 5.86. The molecule has 1 amide bonds. The molecule has 26 heavy (non-hydrogen) atoms. The van der Waals surface area contributed by atoms with E-state index in [1.54, 1.807) is 11.0 Å². The second-order valence-corrected chi connectivity index (χ2v) is 7.41. The van der Waals surface area contributed by atoms with Crippen LogP contribution in [-0.4, -0.2) is 41.9 Å². The number of halogens is 4. The zero-order valence-electron chi connectivity index (χ0n) is 14.0. The average molecular weight is 474 g/mol. The number of rotatable bonds is 3. The molecule has 0 N–H and O–H groups in total. The SMILES string of the molecule is O=C(c1ccccc1I)N1CCN(Cc2cccc(C(F)(F)F)c2)CC1. The number of amides is 1. The van der Waals surface area contributed by atoms with Crippen molar-refractivity contribution in [2.75, 3.05) is 26.2 Å². The van der Waals surface area contributed by atoms with Crippen molar-refractivity contribution in [3.05, 3.63) is 68.8 Å². The first-order valence-corrected chi connectivity index (χ1v) is 9.35. The summed E-state index contributed by atoms with van der Waals surface area (Å²) in [5.41, 5.74) is 0.708. The predicted molar refractivity (Wildman–Crippen MR) is 102 cm³/mol. The van der Waals surface area contributed by atoms with Crippen LogP contribution in [0.5, 0.6) is 0 Å². The Balaban J connectivity index is 1.59. The van der Waals surface area contributed by atoms with Crippen molar-refractivity contribution in [2.45, 2.75) is 12.7 Å². The lowest BCUT2D eigenvalue weighted by atomic mass is 10.1. The third-order valence-corrected chi connectivity index (χ3v) is 5.36. The van der Waals surface area contributed by atoms with Crippen LogP contribution in [0, 0.1) is 3.57 Å². The molecule has 1 fully saturated rings. The van der Waals surface area contributed by atoms with E-state index >= 15 is 0 Å². The van der Waals surface area contributed by atoms with E-state index in [1.807, 2.05) is 24.3 Å². The van der Waals surface area contributed by atoms with Gasteiger partial charge in [0.15, 0.2) is 0 Å². The second-order valence-electron chi connectivity index (χ2n) is 6.25. The quantitative estimate of drug-likeness (QED) is 0.621. The van der Waals surface area contributed by atoms with Gasteiger partial charge in [-0.1, -0.05) is 30.3 Å². The number of benzene rings is 2. The summed E-state index contributed by atoms with van der Waals surface area (Å²) >= 11 is 2.15. The van der Waals surface area contributed by atoms with E-state index in [0.29, 0.717) is 43.9 Å². The molecule has 0 bridgehead atoms. The molecule has 7 heteroatoms. The van der Waals surface area contributed by atoms with E-state index in [-0.39, 0.29) is 5.91 Å². The van der Waals surface area contributed by atoms with Crippen LogP contribution in [0.4, 0.5) is 13.2 Å². The molecule has 2 aromatic rings. The van der Waals surface area contributed by atoms with Crippen LogP contribution >= 0.6 is 22.6 Å². The summed E-state index contributed by atoms with van der Waals surface area (Å²) in [5, 5.41) is 0. The lowest BCUT2D eigenvalue weighted by Gasteiger charge is -2.35. The first-order chi connectivity index (χ1) is 12.3. The van der Waals surface area contributed by atoms with Gasteiger partial charge in [-0.05, 0) is 46.4 Å². The van der Waals surface area contributed by atoms with Crippen LogP contribution in [0.25, 0.3) is 0 Å². The van der Waals surface area contributed by atoms with Gasteiger partial charge in [0.2, 0.25) is 0 Å². The Hall–Kier alpha value is -1.61. The van der Waals surface area contributed by atoms with Gasteiger partial charge in [0.25, 0.3) is 5.91 Å². The van der Waals surface area contributed by atoms with Gasteiger partial charge in [0, 0.05) is 36.3 Å². The Labute approximate surface area is 163 Å². The maximum absolute atomic E-state index is 12.8. The zero-order chi connectivity index (χ0) is 18.7. The highest BCUT2D eigenvalue weighted by Crippen LogP contribution is 2.29. The summed E-state index contributed by atoms with van der Waals surface area (Å²) in [6.45, 7) is 2.89. The largest absolute Gasteiger partial charge is 0.416 e. The van der Waals surface area contributed by atoms with Crippen molar-refractivity contribution in [2.24, 2.45) is 0 Å². The van der Waals surface area contributed by atoms with E-state index in [1.165, 1.54) is 12.1 Å². The van der Waals surface area contributed by atoms with Crippen LogP contribution in [0.15, 0.2) is 48.5 Å². The molecule has 0 radical (unpaired) electrons. The molecule has 0 aliphatic carbocycles. The summed E-state index contributed by atoms with van der Waals surface area (Å²) in [4.78, 5) is 16.5. The summed E-state index contributed by atoms with van der Waals surface area (Å²) in [5.74, 6) is 0.00807. The van der Waals surface area contributed by atoms with Gasteiger partial charge in [0.1, 0.15) is 0 Å². The Morgan fingerprint density at radius 3 is 2.35 bits per heavy atom. The lowest BCUT2D eigenvalue weighted by Crippen LogP contribution is -2.48. The van der Waals surface area contributed by atoms with Crippen molar-refractivity contribution >= 4 is 28.5 Å². The minimum absolute atomic E-state index is 0.00807. The van der Waals surface area contributed by atoms with Gasteiger partial charge in [0.05, 0.1) is 11.1 Å². The fourth-order valence-electron chi connectivity index (χ4n) is 3.02. The van der Waals surface area contributed by atoms with Crippen LogP contribution in [0.3, 0.4) is 0 Å². The fraction of sp³-hybridized carbons (Fsp3) is 0.316. The number of alkyl halides is 3. The molecule has 0 atom stereocenters. The van der Waals surface area contributed by atoms with Crippen molar-refractivity contribution in [1.82, 2.24) is 9.80 Å². The van der Waals surface area contributed by atoms with Crippen molar-refractivity contribution in [1.29, 1.82) is 0 Å². The minimum atomic E-state index is -4.33. The molecular formula is C19H18F3IN2O. The fourth-order valence-corrected chi connectivity index (χ4v) is 3.64. The van der Waals surface area contributed by atoms with E-state index in [9.17, 15) is 18.0 Å². The first-order valence-electron chi connectivity index (χ1n) is 8.27. The monoisotopic (exact) mass is 474 g/mol. The highest BCUT2D eigenvalue weighted by Gasteiger charge is 2.30. The van der Waals surface area contributed by atoms with E-state index in [4.69, 9.17) is 0 Å². The molecule has 1 heterocycles. The highest BCUT2D eigenvalue weighted by molar-refractivity contribution is 14.1. The Morgan fingerprint density at radius 1 is 1.00 bits per heavy atom. The number of nitrogens with zero attached hydrogens (tertiary/aromatic N) is 2. The third-order valence-electron chi connectivity index (χ3n) is 4.42. The summed E-state index contributed by atoms with van der Waals surface area (Å²) in [6.07, 6.45) is -4.33. The van der Waals surface area contributed by atoms with Crippen LogP contribution in [0.2, 0.25) is 0 Å². The molecular weight excluding hydrogens is 456 g/mol. The zero-order valence-corrected chi connectivity index (χ0v) is 16.1. The van der Waals surface area contributed by atoms with Crippen LogP contribution in [0.1, 0.15) is 21.5 Å². The maximum atomic E-state index is 12.8. The third kappa shape index (κ3) is 4.56. The number of carbonyl (C=O) groups is 1. The van der Waals surface area contributed by atoms with Crippen molar-refractivity contribution in [3.8, 4) is 0 Å². The van der Waals surface area contributed by atoms with Crippen molar-refractivity contribution < 1.29 is 18.0 Å². The Bertz CT molecular complexity index is 786. The van der Waals surface area contributed by atoms with Crippen molar-refractivity contribution in [3.63, 3.8) is 0 Å². The van der Waals surface area contributed by atoms with Crippen LogP contribution in [-0.2, 0) is 12.7 Å². The summed E-state index contributed by atoms with van der Waals surface area (Å²) in [7, 11) is 0. The number of piperazine rings is 1. The molecule has 3 rings (SSSR count). The van der Waals surface area contributed by atoms with E-state index < -0.39 is 11.7 Å². The van der Waals surface area contributed by atoms with Gasteiger partial charge in [-0.2, -0.15) is 13.2 Å². The molecule has 1 saturated heterocycles. The first kappa shape index (κ1) is 19.2. The highest BCUT2D eigenvalue weighted by atomic mass is 127. The molecule has 3 nitrogen and oxygen atoms in total. The minimum Gasteiger partial charge on any atom is -0.336 e. The Morgan fingerprint density at radius 2 is 1.69 bits per heavy atom. The smallest absolute Gasteiger partial charge is 0.336 e. The molecule has 0 spiro atoms. The normalized spacial score (nSPS) is 15.9. The number of hydrogen-bond donors (Lipinski definition) is 0. The maximum Gasteiger partial charge on any atom is 0.416 e. The van der Waals surface area contributed by atoms with Gasteiger partial charge >= 0.3 is 6.18 Å². The topological polar surface area (TPSA) is 23.6 Å². The summed E-state index contributed by atoms with van der Waals surface area (Å²) in [6, 6.07) is 12.9. The second kappa shape index (κ2) is 7.96. The van der Waals surface area contributed by atoms with E-state index in [0.717, 1.165) is 9.64 Å². The lowest BCUT2D eigenvalue weighted by molar-refractivity contribution is -0.137. The molecule has 0 saturated carbocycles. The van der Waals surface area contributed by atoms with Gasteiger partial charge in [-0.25, -0.2) is 0 Å². The predicted octanol–water partition coefficient (Wildman–Crippen LogP) is 4.27. The van der Waals surface area contributed by atoms with E-state index in [2.05, 4.69) is 27.5 Å². The van der Waals surface area contributed by atoms with Gasteiger partial charge in [-0.3, -0.25) is 9.69 Å². The van der Waals surface area contributed by atoms with Crippen LogP contribution < -0.4 is 0 Å². The van der Waals surface area contributed by atoms with Gasteiger partial charge < -0.3 is 4.90 Å². The van der Waals surface area contributed by atoms with Gasteiger partial charge in [-0.15, -0.1) is 0 Å². The average Bonchev–Trinajstić information content (AvgIpc) is 2.62. The standard InChI is InChI=1S/C19H18F3IN2O/c20-19(21,22)15-5-3-4-14(12-15)13-24-8-10-25(11-9-24)18(26)16-6-1-2-7-17(16)23/h1-7,12H,8-11,13H2. The molecule has 0 aromatic heterocycles. The molecule has 1 aliphatic rings. The molecule has 2 aromatic carbocycles. The number of hydrogen-bond acceptors (Lipinski definition) is 2. The summed E-state index contributed by atoms with van der Waals surface area (Å²) < 4.78 is 39.4.